The molecule has 0 saturated carbocycles. The summed E-state index contributed by atoms with van der Waals surface area (Å²) in [6, 6.07) is 0. The van der Waals surface area contributed by atoms with E-state index in [4.69, 9.17) is 5.84 Å². The molecule has 56 valence electrons. The van der Waals surface area contributed by atoms with Crippen molar-refractivity contribution in [2.45, 2.75) is 0 Å². The third-order valence-electron chi connectivity index (χ3n) is 1.54. The molecular formula is C5H14ClN3. The normalized spacial score (nSPS) is 23.3. The molecule has 1 aliphatic rings. The number of hydrogen-bond acceptors (Lipinski definition) is 3. The smallest absolute Gasteiger partial charge is 0.0256 e. The van der Waals surface area contributed by atoms with Crippen LogP contribution >= 0.6 is 12.4 Å². The van der Waals surface area contributed by atoms with Crippen molar-refractivity contribution in [1.82, 2.24) is 9.91 Å². The Bertz CT molecular complexity index is 60.6. The molecule has 0 atom stereocenters. The molecule has 3 nitrogen and oxygen atoms in total. The van der Waals surface area contributed by atoms with E-state index in [2.05, 4.69) is 11.9 Å². The van der Waals surface area contributed by atoms with Gasteiger partial charge in [-0.25, -0.2) is 5.01 Å². The second-order valence-electron chi connectivity index (χ2n) is 2.34. The van der Waals surface area contributed by atoms with E-state index in [9.17, 15) is 0 Å². The van der Waals surface area contributed by atoms with Crippen molar-refractivity contribution >= 4 is 12.4 Å². The van der Waals surface area contributed by atoms with Crippen LogP contribution in [0.4, 0.5) is 0 Å². The van der Waals surface area contributed by atoms with Gasteiger partial charge in [0.1, 0.15) is 0 Å². The van der Waals surface area contributed by atoms with Crippen molar-refractivity contribution in [1.29, 1.82) is 0 Å². The number of nitrogens with zero attached hydrogens (tertiary/aromatic N) is 2. The fourth-order valence-corrected chi connectivity index (χ4v) is 0.822. The van der Waals surface area contributed by atoms with Gasteiger partial charge in [-0.1, -0.05) is 0 Å². The summed E-state index contributed by atoms with van der Waals surface area (Å²) in [4.78, 5) is 2.28. The maximum atomic E-state index is 5.50. The number of nitrogens with two attached hydrogens (primary N) is 1. The van der Waals surface area contributed by atoms with E-state index in [0.717, 1.165) is 26.2 Å². The molecule has 0 spiro atoms. The second kappa shape index (κ2) is 4.06. The topological polar surface area (TPSA) is 32.5 Å². The molecule has 0 radical (unpaired) electrons. The number of piperazine rings is 1. The molecular weight excluding hydrogens is 138 g/mol. The van der Waals surface area contributed by atoms with Gasteiger partial charge >= 0.3 is 0 Å². The molecule has 1 heterocycles. The molecule has 0 bridgehead atoms. The molecule has 1 rings (SSSR count). The van der Waals surface area contributed by atoms with Gasteiger partial charge in [0.15, 0.2) is 0 Å². The van der Waals surface area contributed by atoms with Gasteiger partial charge in [-0.05, 0) is 7.05 Å². The third kappa shape index (κ3) is 3.01. The van der Waals surface area contributed by atoms with E-state index < -0.39 is 0 Å². The average molecular weight is 152 g/mol. The summed E-state index contributed by atoms with van der Waals surface area (Å²) in [5, 5.41) is 1.86. The second-order valence-corrected chi connectivity index (χ2v) is 2.34. The van der Waals surface area contributed by atoms with E-state index in [1.165, 1.54) is 0 Å². The molecule has 0 aromatic carbocycles. The highest BCUT2D eigenvalue weighted by atomic mass is 35.5. The Labute approximate surface area is 62.2 Å². The van der Waals surface area contributed by atoms with Gasteiger partial charge < -0.3 is 4.90 Å². The van der Waals surface area contributed by atoms with E-state index in [1.54, 1.807) is 0 Å². The van der Waals surface area contributed by atoms with Crippen LogP contribution in [0.1, 0.15) is 0 Å². The highest BCUT2D eigenvalue weighted by Crippen LogP contribution is 1.91. The van der Waals surface area contributed by atoms with Gasteiger partial charge in [0.05, 0.1) is 0 Å². The van der Waals surface area contributed by atoms with Gasteiger partial charge in [-0.15, -0.1) is 12.4 Å². The predicted octanol–water partition coefficient (Wildman–Crippen LogP) is -0.471. The van der Waals surface area contributed by atoms with Gasteiger partial charge in [0.25, 0.3) is 0 Å². The van der Waals surface area contributed by atoms with Crippen LogP contribution in [0.3, 0.4) is 0 Å². The SMILES string of the molecule is CN1CCN(N)CC1.Cl. The molecule has 0 aliphatic carbocycles. The lowest BCUT2D eigenvalue weighted by Gasteiger charge is -2.28. The van der Waals surface area contributed by atoms with Crippen molar-refractivity contribution in [3.63, 3.8) is 0 Å². The third-order valence-corrected chi connectivity index (χ3v) is 1.54. The molecule has 1 fully saturated rings. The van der Waals surface area contributed by atoms with Gasteiger partial charge in [0.2, 0.25) is 0 Å². The maximum absolute atomic E-state index is 5.50. The molecule has 2 N–H and O–H groups in total. The minimum Gasteiger partial charge on any atom is -0.304 e. The first-order valence-corrected chi connectivity index (χ1v) is 2.97. The Kier molecular flexibility index (Phi) is 4.14. The number of halogens is 1. The van der Waals surface area contributed by atoms with E-state index in [1.807, 2.05) is 5.01 Å². The van der Waals surface area contributed by atoms with E-state index >= 15 is 0 Å². The van der Waals surface area contributed by atoms with Crippen LogP contribution in [-0.2, 0) is 0 Å². The van der Waals surface area contributed by atoms with Gasteiger partial charge in [0, 0.05) is 26.2 Å². The Morgan fingerprint density at radius 1 is 1.11 bits per heavy atom. The molecule has 9 heavy (non-hydrogen) atoms. The van der Waals surface area contributed by atoms with Crippen molar-refractivity contribution in [2.24, 2.45) is 5.84 Å². The number of hydrogen-bond donors (Lipinski definition) is 1. The van der Waals surface area contributed by atoms with Crippen molar-refractivity contribution in [3.05, 3.63) is 0 Å². The van der Waals surface area contributed by atoms with E-state index in [0.29, 0.717) is 0 Å². The molecule has 0 aromatic heterocycles. The first-order chi connectivity index (χ1) is 3.79. The van der Waals surface area contributed by atoms with Crippen LogP contribution in [0.5, 0.6) is 0 Å². The Balaban J connectivity index is 0.000000640. The minimum atomic E-state index is 0. The molecule has 1 saturated heterocycles. The highest BCUT2D eigenvalue weighted by Gasteiger charge is 2.08. The quantitative estimate of drug-likeness (QED) is 0.476. The zero-order valence-corrected chi connectivity index (χ0v) is 6.52. The summed E-state index contributed by atoms with van der Waals surface area (Å²) in [6.45, 7) is 4.24. The number of likely N-dealkylation sites (N-methyl/N-ethyl adjacent to an activating group) is 1. The maximum Gasteiger partial charge on any atom is 0.0256 e. The Morgan fingerprint density at radius 2 is 1.56 bits per heavy atom. The predicted molar refractivity (Wildman–Crippen MR) is 40.5 cm³/mol. The van der Waals surface area contributed by atoms with Crippen LogP contribution in [-0.4, -0.2) is 43.1 Å². The van der Waals surface area contributed by atoms with Gasteiger partial charge in [-0.3, -0.25) is 5.84 Å². The largest absolute Gasteiger partial charge is 0.304 e. The lowest BCUT2D eigenvalue weighted by Crippen LogP contribution is -2.47. The summed E-state index contributed by atoms with van der Waals surface area (Å²) in [5.41, 5.74) is 0. The van der Waals surface area contributed by atoms with Crippen molar-refractivity contribution < 1.29 is 0 Å². The minimum absolute atomic E-state index is 0. The lowest BCUT2D eigenvalue weighted by atomic mass is 10.4. The summed E-state index contributed by atoms with van der Waals surface area (Å²) >= 11 is 0. The zero-order chi connectivity index (χ0) is 5.98. The molecule has 0 unspecified atom stereocenters. The van der Waals surface area contributed by atoms with Crippen LogP contribution in [0.25, 0.3) is 0 Å². The first kappa shape index (κ1) is 9.17. The number of hydrazine groups is 1. The van der Waals surface area contributed by atoms with Crippen LogP contribution in [0, 0.1) is 0 Å². The highest BCUT2D eigenvalue weighted by molar-refractivity contribution is 5.85. The summed E-state index contributed by atoms with van der Waals surface area (Å²) in [7, 11) is 2.12. The standard InChI is InChI=1S/C5H13N3.ClH/c1-7-2-4-8(6)5-3-7;/h2-6H2,1H3;1H. The summed E-state index contributed by atoms with van der Waals surface area (Å²) < 4.78 is 0. The van der Waals surface area contributed by atoms with Crippen LogP contribution < -0.4 is 5.84 Å². The van der Waals surface area contributed by atoms with Crippen molar-refractivity contribution in [3.8, 4) is 0 Å². The van der Waals surface area contributed by atoms with Crippen molar-refractivity contribution in [2.75, 3.05) is 33.2 Å². The molecule has 0 aromatic rings. The zero-order valence-electron chi connectivity index (χ0n) is 5.71. The molecule has 4 heteroatoms. The Morgan fingerprint density at radius 3 is 1.89 bits per heavy atom. The fourth-order valence-electron chi connectivity index (χ4n) is 0.822. The van der Waals surface area contributed by atoms with Gasteiger partial charge in [-0.2, -0.15) is 0 Å². The first-order valence-electron chi connectivity index (χ1n) is 2.97. The van der Waals surface area contributed by atoms with Crippen LogP contribution in [0.15, 0.2) is 0 Å². The average Bonchev–Trinajstić information content (AvgIpc) is 1.77. The summed E-state index contributed by atoms with van der Waals surface area (Å²) in [5.74, 6) is 5.50. The number of rotatable bonds is 0. The molecule has 1 aliphatic heterocycles. The Hall–Kier alpha value is 0.170. The summed E-state index contributed by atoms with van der Waals surface area (Å²) in [6.07, 6.45) is 0. The molecule has 0 amide bonds. The van der Waals surface area contributed by atoms with E-state index in [-0.39, 0.29) is 12.4 Å². The lowest BCUT2D eigenvalue weighted by molar-refractivity contribution is 0.156. The fraction of sp³-hybridized carbons (Fsp3) is 1.00. The monoisotopic (exact) mass is 151 g/mol. The van der Waals surface area contributed by atoms with Crippen LogP contribution in [0.2, 0.25) is 0 Å².